The summed E-state index contributed by atoms with van der Waals surface area (Å²) in [5.41, 5.74) is 1.07. The Morgan fingerprint density at radius 1 is 1.29 bits per heavy atom. The maximum atomic E-state index is 12.1. The molecule has 1 amide bonds. The molecule has 1 N–H and O–H groups in total. The second kappa shape index (κ2) is 6.60. The zero-order valence-corrected chi connectivity index (χ0v) is 13.0. The molecule has 21 heavy (non-hydrogen) atoms. The summed E-state index contributed by atoms with van der Waals surface area (Å²) < 4.78 is 5.50. The van der Waals surface area contributed by atoms with E-state index in [1.54, 1.807) is 0 Å². The van der Waals surface area contributed by atoms with Gasteiger partial charge in [-0.2, -0.15) is 0 Å². The number of hydrogen-bond acceptors (Lipinski definition) is 3. The first-order valence-electron chi connectivity index (χ1n) is 6.98. The molecule has 0 spiro atoms. The van der Waals surface area contributed by atoms with Crippen LogP contribution in [-0.2, 0) is 4.74 Å². The quantitative estimate of drug-likeness (QED) is 0.925. The summed E-state index contributed by atoms with van der Waals surface area (Å²) in [6.45, 7) is 1.40. The maximum absolute atomic E-state index is 12.1. The van der Waals surface area contributed by atoms with Gasteiger partial charge in [-0.3, -0.25) is 4.79 Å². The van der Waals surface area contributed by atoms with Crippen molar-refractivity contribution in [1.82, 2.24) is 5.32 Å². The average molecular weight is 322 g/mol. The van der Waals surface area contributed by atoms with Crippen molar-refractivity contribution in [3.63, 3.8) is 0 Å². The average Bonchev–Trinajstić information content (AvgIpc) is 3.17. The van der Waals surface area contributed by atoms with Crippen molar-refractivity contribution in [3.8, 4) is 10.4 Å². The predicted octanol–water partition coefficient (Wildman–Crippen LogP) is 3.98. The molecule has 0 radical (unpaired) electrons. The van der Waals surface area contributed by atoms with E-state index in [4.69, 9.17) is 16.3 Å². The first-order valence-corrected chi connectivity index (χ1v) is 8.17. The number of thiophene rings is 1. The summed E-state index contributed by atoms with van der Waals surface area (Å²) in [4.78, 5) is 13.9. The molecule has 2 heterocycles. The van der Waals surface area contributed by atoms with Crippen molar-refractivity contribution >= 4 is 28.8 Å². The van der Waals surface area contributed by atoms with Gasteiger partial charge in [-0.1, -0.05) is 23.7 Å². The van der Waals surface area contributed by atoms with Gasteiger partial charge in [-0.05, 0) is 42.7 Å². The second-order valence-electron chi connectivity index (χ2n) is 5.02. The van der Waals surface area contributed by atoms with E-state index >= 15 is 0 Å². The van der Waals surface area contributed by atoms with Crippen LogP contribution in [-0.4, -0.2) is 25.2 Å². The Bertz CT molecular complexity index is 617. The van der Waals surface area contributed by atoms with Crippen LogP contribution in [0.15, 0.2) is 36.4 Å². The number of benzene rings is 1. The first kappa shape index (κ1) is 14.6. The van der Waals surface area contributed by atoms with Gasteiger partial charge < -0.3 is 10.1 Å². The molecule has 1 aromatic carbocycles. The standard InChI is InChI=1S/C16H16ClNO2S/c17-12-5-3-11(4-6-12)14-7-8-15(21-14)16(19)18-10-13-2-1-9-20-13/h3-8,13H,1-2,9-10H2,(H,18,19)/t13-/m1/s1. The third-order valence-corrected chi connectivity index (χ3v) is 4.86. The molecule has 2 aromatic rings. The fraction of sp³-hybridized carbons (Fsp3) is 0.312. The first-order chi connectivity index (χ1) is 10.2. The van der Waals surface area contributed by atoms with Crippen molar-refractivity contribution < 1.29 is 9.53 Å². The highest BCUT2D eigenvalue weighted by molar-refractivity contribution is 7.17. The normalized spacial score (nSPS) is 17.9. The van der Waals surface area contributed by atoms with Gasteiger partial charge in [0.1, 0.15) is 0 Å². The van der Waals surface area contributed by atoms with Gasteiger partial charge in [-0.15, -0.1) is 11.3 Å². The summed E-state index contributed by atoms with van der Waals surface area (Å²) >= 11 is 7.37. The van der Waals surface area contributed by atoms with Gasteiger partial charge in [0.25, 0.3) is 5.91 Å². The smallest absolute Gasteiger partial charge is 0.261 e. The Labute approximate surface area is 132 Å². The van der Waals surface area contributed by atoms with Crippen molar-refractivity contribution in [1.29, 1.82) is 0 Å². The van der Waals surface area contributed by atoms with E-state index in [9.17, 15) is 4.79 Å². The van der Waals surface area contributed by atoms with E-state index in [-0.39, 0.29) is 12.0 Å². The monoisotopic (exact) mass is 321 g/mol. The molecule has 110 valence electrons. The van der Waals surface area contributed by atoms with Gasteiger partial charge >= 0.3 is 0 Å². The maximum Gasteiger partial charge on any atom is 0.261 e. The van der Waals surface area contributed by atoms with E-state index in [0.717, 1.165) is 34.8 Å². The molecule has 1 aliphatic rings. The molecule has 3 nitrogen and oxygen atoms in total. The molecule has 0 aliphatic carbocycles. The summed E-state index contributed by atoms with van der Waals surface area (Å²) in [5, 5.41) is 3.65. The highest BCUT2D eigenvalue weighted by Gasteiger charge is 2.17. The largest absolute Gasteiger partial charge is 0.376 e. The SMILES string of the molecule is O=C(NC[C@H]1CCCO1)c1ccc(-c2ccc(Cl)cc2)s1. The Morgan fingerprint density at radius 2 is 2.10 bits per heavy atom. The van der Waals surface area contributed by atoms with Crippen LogP contribution in [0.4, 0.5) is 0 Å². The summed E-state index contributed by atoms with van der Waals surface area (Å²) in [5.74, 6) is -0.0317. The Hall–Kier alpha value is -1.36. The molecule has 0 unspecified atom stereocenters. The number of carbonyl (C=O) groups is 1. The lowest BCUT2D eigenvalue weighted by Crippen LogP contribution is -2.31. The van der Waals surface area contributed by atoms with Crippen molar-refractivity contribution in [3.05, 3.63) is 46.3 Å². The van der Waals surface area contributed by atoms with Crippen LogP contribution in [0.3, 0.4) is 0 Å². The van der Waals surface area contributed by atoms with Crippen LogP contribution >= 0.6 is 22.9 Å². The predicted molar refractivity (Wildman–Crippen MR) is 86.1 cm³/mol. The molecule has 0 bridgehead atoms. The third kappa shape index (κ3) is 3.64. The van der Waals surface area contributed by atoms with Crippen molar-refractivity contribution in [2.24, 2.45) is 0 Å². The van der Waals surface area contributed by atoms with Crippen LogP contribution in [0.25, 0.3) is 10.4 Å². The Balaban J connectivity index is 1.63. The number of nitrogens with one attached hydrogen (secondary N) is 1. The van der Waals surface area contributed by atoms with Crippen LogP contribution in [0.1, 0.15) is 22.5 Å². The minimum absolute atomic E-state index is 0.0317. The lowest BCUT2D eigenvalue weighted by atomic mass is 10.2. The fourth-order valence-electron chi connectivity index (χ4n) is 2.33. The molecule has 3 rings (SSSR count). The van der Waals surface area contributed by atoms with Crippen molar-refractivity contribution in [2.45, 2.75) is 18.9 Å². The fourth-order valence-corrected chi connectivity index (χ4v) is 3.38. The number of amides is 1. The minimum atomic E-state index is -0.0317. The molecule has 1 atom stereocenters. The molecule has 5 heteroatoms. The van der Waals surface area contributed by atoms with Crippen LogP contribution < -0.4 is 5.32 Å². The Kier molecular flexibility index (Phi) is 4.58. The summed E-state index contributed by atoms with van der Waals surface area (Å²) in [6.07, 6.45) is 2.28. The zero-order valence-electron chi connectivity index (χ0n) is 11.5. The van der Waals surface area contributed by atoms with E-state index < -0.39 is 0 Å². The summed E-state index contributed by atoms with van der Waals surface area (Å²) in [6, 6.07) is 11.5. The van der Waals surface area contributed by atoms with Gasteiger partial charge in [0.2, 0.25) is 0 Å². The second-order valence-corrected chi connectivity index (χ2v) is 6.54. The van der Waals surface area contributed by atoms with Crippen LogP contribution in [0, 0.1) is 0 Å². The third-order valence-electron chi connectivity index (χ3n) is 3.47. The highest BCUT2D eigenvalue weighted by Crippen LogP contribution is 2.29. The molecule has 1 fully saturated rings. The lowest BCUT2D eigenvalue weighted by molar-refractivity contribution is 0.0861. The van der Waals surface area contributed by atoms with Gasteiger partial charge in [0.15, 0.2) is 0 Å². The topological polar surface area (TPSA) is 38.3 Å². The molecule has 1 saturated heterocycles. The molecule has 1 aromatic heterocycles. The lowest BCUT2D eigenvalue weighted by Gasteiger charge is -2.09. The van der Waals surface area contributed by atoms with Gasteiger partial charge in [0, 0.05) is 23.1 Å². The summed E-state index contributed by atoms with van der Waals surface area (Å²) in [7, 11) is 0. The number of halogens is 1. The number of rotatable bonds is 4. The van der Waals surface area contributed by atoms with Crippen LogP contribution in [0.2, 0.25) is 5.02 Å². The number of ether oxygens (including phenoxy) is 1. The molecule has 1 aliphatic heterocycles. The Morgan fingerprint density at radius 3 is 2.81 bits per heavy atom. The van der Waals surface area contributed by atoms with E-state index in [1.807, 2.05) is 36.4 Å². The molecule has 0 saturated carbocycles. The minimum Gasteiger partial charge on any atom is -0.376 e. The highest BCUT2D eigenvalue weighted by atomic mass is 35.5. The van der Waals surface area contributed by atoms with Gasteiger partial charge in [-0.25, -0.2) is 0 Å². The molecular weight excluding hydrogens is 306 g/mol. The van der Waals surface area contributed by atoms with Gasteiger partial charge in [0.05, 0.1) is 11.0 Å². The van der Waals surface area contributed by atoms with E-state index in [1.165, 1.54) is 11.3 Å². The van der Waals surface area contributed by atoms with E-state index in [0.29, 0.717) is 11.6 Å². The molecular formula is C16H16ClNO2S. The zero-order chi connectivity index (χ0) is 14.7. The van der Waals surface area contributed by atoms with Crippen LogP contribution in [0.5, 0.6) is 0 Å². The van der Waals surface area contributed by atoms with Crippen molar-refractivity contribution in [2.75, 3.05) is 13.2 Å². The number of carbonyl (C=O) groups excluding carboxylic acids is 1. The van der Waals surface area contributed by atoms with E-state index in [2.05, 4.69) is 5.32 Å². The number of hydrogen-bond donors (Lipinski definition) is 1.